The quantitative estimate of drug-likeness (QED) is 0.363. The van der Waals surface area contributed by atoms with Crippen molar-refractivity contribution in [3.63, 3.8) is 0 Å². The number of carboxylic acid groups (broad SMARTS) is 1. The molecule has 4 N–H and O–H groups in total. The van der Waals surface area contributed by atoms with Crippen molar-refractivity contribution in [1.82, 2.24) is 0 Å². The van der Waals surface area contributed by atoms with Gasteiger partial charge in [-0.1, -0.05) is 29.8 Å². The van der Waals surface area contributed by atoms with Gasteiger partial charge in [0.15, 0.2) is 0 Å². The fourth-order valence-corrected chi connectivity index (χ4v) is 1.62. The summed E-state index contributed by atoms with van der Waals surface area (Å²) in [6.07, 6.45) is 0. The Kier molecular flexibility index (Phi) is 12.5. The molecule has 1 unspecified atom stereocenters. The first-order valence-corrected chi connectivity index (χ1v) is 7.21. The second-order valence-corrected chi connectivity index (χ2v) is 4.63. The molecule has 0 aliphatic heterocycles. The van der Waals surface area contributed by atoms with Crippen molar-refractivity contribution in [3.05, 3.63) is 30.3 Å². The minimum Gasteiger partial charge on any atom is -0.545 e. The van der Waals surface area contributed by atoms with Gasteiger partial charge < -0.3 is 34.9 Å². The predicted molar refractivity (Wildman–Crippen MR) is 78.5 cm³/mol. The number of halogens is 1. The maximum atomic E-state index is 10.1. The highest BCUT2D eigenvalue weighted by molar-refractivity contribution is 6.28. The van der Waals surface area contributed by atoms with E-state index >= 15 is 0 Å². The molecule has 22 heavy (non-hydrogen) atoms. The smallest absolute Gasteiger partial charge is 0.211 e. The molecule has 1 rings (SSSR count). The van der Waals surface area contributed by atoms with E-state index in [0.717, 1.165) is 4.90 Å². The van der Waals surface area contributed by atoms with Gasteiger partial charge in [0.2, 0.25) is 5.56 Å². The van der Waals surface area contributed by atoms with E-state index < -0.39 is 11.5 Å². The van der Waals surface area contributed by atoms with Gasteiger partial charge in [0.05, 0.1) is 25.8 Å². The molecule has 1 atom stereocenters. The molecule has 0 radical (unpaired) electrons. The van der Waals surface area contributed by atoms with Crippen molar-refractivity contribution >= 4 is 17.6 Å². The summed E-state index contributed by atoms with van der Waals surface area (Å²) >= 11 is 5.27. The van der Waals surface area contributed by atoms with Crippen LogP contribution >= 0.6 is 11.6 Å². The van der Waals surface area contributed by atoms with Crippen LogP contribution in [0.1, 0.15) is 0 Å². The van der Waals surface area contributed by atoms with Gasteiger partial charge in [-0.3, -0.25) is 0 Å². The lowest BCUT2D eigenvalue weighted by Crippen LogP contribution is -3.13. The van der Waals surface area contributed by atoms with Gasteiger partial charge in [-0.25, -0.2) is 0 Å². The highest BCUT2D eigenvalue weighted by atomic mass is 35.5. The Morgan fingerprint density at radius 1 is 1.09 bits per heavy atom. The molecule has 0 aromatic heterocycles. The van der Waals surface area contributed by atoms with E-state index in [9.17, 15) is 9.90 Å². The van der Waals surface area contributed by atoms with Crippen LogP contribution in [-0.4, -0.2) is 66.3 Å². The third kappa shape index (κ3) is 10.4. The van der Waals surface area contributed by atoms with Crippen LogP contribution in [0.25, 0.3) is 0 Å². The molecule has 0 saturated carbocycles. The number of quaternary nitrogens is 1. The maximum absolute atomic E-state index is 10.1. The summed E-state index contributed by atoms with van der Waals surface area (Å²) in [6, 6.07) is 8.44. The van der Waals surface area contributed by atoms with Crippen LogP contribution in [0.15, 0.2) is 30.3 Å². The average molecular weight is 336 g/mol. The van der Waals surface area contributed by atoms with Crippen LogP contribution in [0.3, 0.4) is 0 Å². The van der Waals surface area contributed by atoms with Crippen LogP contribution in [0, 0.1) is 0 Å². The van der Waals surface area contributed by atoms with Gasteiger partial charge in [-0.2, -0.15) is 0 Å². The molecule has 0 fully saturated rings. The molecule has 0 heterocycles. The number of carbonyl (C=O) groups excluding carboxylic acids is 1. The summed E-state index contributed by atoms with van der Waals surface area (Å²) in [5.41, 5.74) is -1.44. The molecule has 0 aliphatic rings. The molecule has 126 valence electrons. The lowest BCUT2D eigenvalue weighted by atomic mass is 10.3. The minimum absolute atomic E-state index is 0.106. The van der Waals surface area contributed by atoms with E-state index in [4.69, 9.17) is 31.7 Å². The Balaban J connectivity index is 0.000000409. The standard InChI is InChI=1S/C8H7ClO3.C6H15NO3/c9-7(8(10)11)12-6-4-2-1-3-5-6;8-4-1-7(2-5-9)3-6-10/h1-5,7H,(H,10,11);8-10H,1-6H2. The number of carbonyl (C=O) groups is 1. The Labute approximate surface area is 134 Å². The number of hydrogen-bond donors (Lipinski definition) is 4. The van der Waals surface area contributed by atoms with Crippen molar-refractivity contribution in [1.29, 1.82) is 0 Å². The van der Waals surface area contributed by atoms with Gasteiger partial charge in [-0.15, -0.1) is 0 Å². The second kappa shape index (κ2) is 13.3. The first-order chi connectivity index (χ1) is 10.5. The molecule has 0 aliphatic carbocycles. The summed E-state index contributed by atoms with van der Waals surface area (Å²) in [7, 11) is 0. The highest BCUT2D eigenvalue weighted by Gasteiger charge is 2.05. The average Bonchev–Trinajstić information content (AvgIpc) is 2.49. The fraction of sp³-hybridized carbons (Fsp3) is 0.500. The number of rotatable bonds is 9. The predicted octanol–water partition coefficient (Wildman–Crippen LogP) is -2.77. The summed E-state index contributed by atoms with van der Waals surface area (Å²) in [5, 5.41) is 35.7. The SMILES string of the molecule is O=C([O-])C(Cl)Oc1ccccc1.OCC[NH+](CCO)CCO. The van der Waals surface area contributed by atoms with Gasteiger partial charge in [0.1, 0.15) is 25.4 Å². The van der Waals surface area contributed by atoms with Gasteiger partial charge in [-0.05, 0) is 12.1 Å². The Morgan fingerprint density at radius 3 is 1.91 bits per heavy atom. The second-order valence-electron chi connectivity index (χ2n) is 4.24. The number of aliphatic carboxylic acids is 1. The Bertz CT molecular complexity index is 378. The summed E-state index contributed by atoms with van der Waals surface area (Å²) in [6.45, 7) is 2.11. The molecule has 0 spiro atoms. The molecule has 0 bridgehead atoms. The number of nitrogens with one attached hydrogen (secondary N) is 1. The zero-order valence-electron chi connectivity index (χ0n) is 12.2. The van der Waals surface area contributed by atoms with E-state index in [1.807, 2.05) is 0 Å². The monoisotopic (exact) mass is 335 g/mol. The van der Waals surface area contributed by atoms with Gasteiger partial charge in [0, 0.05) is 0 Å². The molecule has 0 saturated heterocycles. The number of aliphatic hydroxyl groups excluding tert-OH is 3. The lowest BCUT2D eigenvalue weighted by molar-refractivity contribution is -0.901. The fourth-order valence-electron chi connectivity index (χ4n) is 1.52. The topological polar surface area (TPSA) is 114 Å². The van der Waals surface area contributed by atoms with Gasteiger partial charge in [0.25, 0.3) is 0 Å². The number of alkyl halides is 1. The molecule has 1 aromatic carbocycles. The van der Waals surface area contributed by atoms with E-state index in [-0.39, 0.29) is 19.8 Å². The Hall–Kier alpha value is -1.38. The molecule has 7 nitrogen and oxygen atoms in total. The lowest BCUT2D eigenvalue weighted by Gasteiger charge is -2.15. The maximum Gasteiger partial charge on any atom is 0.211 e. The molecular formula is C14H22ClNO6. The van der Waals surface area contributed by atoms with Crippen molar-refractivity contribution in [2.75, 3.05) is 39.5 Å². The van der Waals surface area contributed by atoms with Crippen molar-refractivity contribution < 1.29 is 34.9 Å². The first kappa shape index (κ1) is 20.6. The zero-order chi connectivity index (χ0) is 16.8. The summed E-state index contributed by atoms with van der Waals surface area (Å²) in [5.74, 6) is -1.04. The Morgan fingerprint density at radius 2 is 1.55 bits per heavy atom. The number of ether oxygens (including phenoxy) is 1. The van der Waals surface area contributed by atoms with Crippen LogP contribution in [-0.2, 0) is 4.79 Å². The van der Waals surface area contributed by atoms with Crippen molar-refractivity contribution in [2.45, 2.75) is 5.56 Å². The van der Waals surface area contributed by atoms with E-state index in [0.29, 0.717) is 25.4 Å². The number of para-hydroxylation sites is 1. The van der Waals surface area contributed by atoms with Crippen LogP contribution < -0.4 is 14.7 Å². The minimum atomic E-state index is -1.44. The number of hydrogen-bond acceptors (Lipinski definition) is 6. The van der Waals surface area contributed by atoms with E-state index in [1.54, 1.807) is 30.3 Å². The molecule has 8 heteroatoms. The third-order valence-electron chi connectivity index (χ3n) is 2.56. The number of carboxylic acids is 1. The molecule has 1 aromatic rings. The van der Waals surface area contributed by atoms with Crippen LogP contribution in [0.4, 0.5) is 0 Å². The van der Waals surface area contributed by atoms with Crippen LogP contribution in [0.5, 0.6) is 5.75 Å². The first-order valence-electron chi connectivity index (χ1n) is 6.77. The number of benzene rings is 1. The van der Waals surface area contributed by atoms with Crippen molar-refractivity contribution in [2.24, 2.45) is 0 Å². The highest BCUT2D eigenvalue weighted by Crippen LogP contribution is 2.11. The van der Waals surface area contributed by atoms with Crippen LogP contribution in [0.2, 0.25) is 0 Å². The number of aliphatic hydroxyl groups is 3. The normalized spacial score (nSPS) is 11.5. The van der Waals surface area contributed by atoms with Gasteiger partial charge >= 0.3 is 0 Å². The van der Waals surface area contributed by atoms with E-state index in [1.165, 1.54) is 0 Å². The van der Waals surface area contributed by atoms with E-state index in [2.05, 4.69) is 0 Å². The summed E-state index contributed by atoms with van der Waals surface area (Å²) in [4.78, 5) is 11.2. The molecule has 0 amide bonds. The largest absolute Gasteiger partial charge is 0.545 e. The zero-order valence-corrected chi connectivity index (χ0v) is 12.9. The summed E-state index contributed by atoms with van der Waals surface area (Å²) < 4.78 is 4.78. The third-order valence-corrected chi connectivity index (χ3v) is 2.83. The molecular weight excluding hydrogens is 314 g/mol. The van der Waals surface area contributed by atoms with Crippen molar-refractivity contribution in [3.8, 4) is 5.75 Å².